The van der Waals surface area contributed by atoms with E-state index in [-0.39, 0.29) is 12.4 Å². The molecule has 2 rings (SSSR count). The maximum absolute atomic E-state index is 6.10. The van der Waals surface area contributed by atoms with Crippen LogP contribution in [0.3, 0.4) is 0 Å². The Kier molecular flexibility index (Phi) is 4.88. The number of rotatable bonds is 3. The molecule has 1 saturated heterocycles. The molecule has 2 nitrogen and oxygen atoms in total. The van der Waals surface area contributed by atoms with Gasteiger partial charge in [-0.25, -0.2) is 0 Å². The second-order valence-corrected chi connectivity index (χ2v) is 5.35. The predicted octanol–water partition coefficient (Wildman–Crippen LogP) is 2.12. The molecular formula is C12H25ClN2. The topological polar surface area (TPSA) is 29.3 Å². The smallest absolute Gasteiger partial charge is 0.00914 e. The molecule has 4 atom stereocenters. The molecule has 2 aliphatic rings. The van der Waals surface area contributed by atoms with Crippen molar-refractivity contribution in [1.82, 2.24) is 4.90 Å². The number of likely N-dealkylation sites (tertiary alicyclic amines) is 1. The van der Waals surface area contributed by atoms with Gasteiger partial charge in [0.05, 0.1) is 0 Å². The van der Waals surface area contributed by atoms with Gasteiger partial charge in [0.15, 0.2) is 0 Å². The van der Waals surface area contributed by atoms with Crippen molar-refractivity contribution in [3.8, 4) is 0 Å². The summed E-state index contributed by atoms with van der Waals surface area (Å²) in [6, 6.07) is 0.466. The summed E-state index contributed by atoms with van der Waals surface area (Å²) in [5.41, 5.74) is 6.10. The highest BCUT2D eigenvalue weighted by molar-refractivity contribution is 5.85. The number of nitrogens with zero attached hydrogens (tertiary/aromatic N) is 1. The van der Waals surface area contributed by atoms with Crippen molar-refractivity contribution in [2.45, 2.75) is 39.2 Å². The summed E-state index contributed by atoms with van der Waals surface area (Å²) >= 11 is 0. The Morgan fingerprint density at radius 3 is 2.53 bits per heavy atom. The summed E-state index contributed by atoms with van der Waals surface area (Å²) in [6.45, 7) is 8.47. The summed E-state index contributed by atoms with van der Waals surface area (Å²) in [6.07, 6.45) is 3.91. The van der Waals surface area contributed by atoms with Gasteiger partial charge in [0.1, 0.15) is 0 Å². The molecule has 1 heterocycles. The van der Waals surface area contributed by atoms with Gasteiger partial charge in [-0.05, 0) is 37.1 Å². The molecule has 0 aromatic carbocycles. The fraction of sp³-hybridized carbons (Fsp3) is 1.00. The lowest BCUT2D eigenvalue weighted by Gasteiger charge is -2.36. The number of halogens is 1. The summed E-state index contributed by atoms with van der Waals surface area (Å²) in [5, 5.41) is 0. The lowest BCUT2D eigenvalue weighted by Crippen LogP contribution is -2.47. The Morgan fingerprint density at radius 2 is 2.00 bits per heavy atom. The third-order valence-electron chi connectivity index (χ3n) is 4.17. The van der Waals surface area contributed by atoms with Crippen molar-refractivity contribution in [3.05, 3.63) is 0 Å². The van der Waals surface area contributed by atoms with Gasteiger partial charge in [-0.15, -0.1) is 12.4 Å². The maximum atomic E-state index is 6.10. The SMILES string of the molecule is CCC1CN(CC2CC2C)CCC1N.Cl. The van der Waals surface area contributed by atoms with Crippen LogP contribution in [0.1, 0.15) is 33.1 Å². The second kappa shape index (κ2) is 5.51. The fourth-order valence-corrected chi connectivity index (χ4v) is 2.71. The molecule has 1 aliphatic carbocycles. The molecular weight excluding hydrogens is 208 g/mol. The first-order chi connectivity index (χ1) is 6.70. The molecule has 0 radical (unpaired) electrons. The van der Waals surface area contributed by atoms with Crippen LogP contribution in [-0.4, -0.2) is 30.6 Å². The summed E-state index contributed by atoms with van der Waals surface area (Å²) in [7, 11) is 0. The van der Waals surface area contributed by atoms with Crippen molar-refractivity contribution in [2.75, 3.05) is 19.6 Å². The number of hydrogen-bond acceptors (Lipinski definition) is 2. The zero-order chi connectivity index (χ0) is 10.1. The molecule has 3 heteroatoms. The highest BCUT2D eigenvalue weighted by Gasteiger charge is 2.35. The molecule has 1 aliphatic heterocycles. The van der Waals surface area contributed by atoms with Crippen LogP contribution in [0.25, 0.3) is 0 Å². The third-order valence-corrected chi connectivity index (χ3v) is 4.17. The van der Waals surface area contributed by atoms with Gasteiger partial charge >= 0.3 is 0 Å². The quantitative estimate of drug-likeness (QED) is 0.808. The molecule has 0 aromatic heterocycles. The Hall–Kier alpha value is 0.210. The van der Waals surface area contributed by atoms with Crippen molar-refractivity contribution in [2.24, 2.45) is 23.5 Å². The number of hydrogen-bond donors (Lipinski definition) is 1. The van der Waals surface area contributed by atoms with E-state index in [9.17, 15) is 0 Å². The van der Waals surface area contributed by atoms with Gasteiger partial charge in [-0.1, -0.05) is 20.3 Å². The summed E-state index contributed by atoms with van der Waals surface area (Å²) in [5.74, 6) is 2.74. The number of nitrogens with two attached hydrogens (primary N) is 1. The van der Waals surface area contributed by atoms with Gasteiger partial charge in [-0.2, -0.15) is 0 Å². The monoisotopic (exact) mass is 232 g/mol. The predicted molar refractivity (Wildman–Crippen MR) is 67.3 cm³/mol. The first-order valence-electron chi connectivity index (χ1n) is 6.18. The van der Waals surface area contributed by atoms with E-state index in [1.807, 2.05) is 0 Å². The largest absolute Gasteiger partial charge is 0.327 e. The van der Waals surface area contributed by atoms with Crippen molar-refractivity contribution >= 4 is 12.4 Å². The summed E-state index contributed by atoms with van der Waals surface area (Å²) < 4.78 is 0. The lowest BCUT2D eigenvalue weighted by molar-refractivity contribution is 0.145. The van der Waals surface area contributed by atoms with Crippen molar-refractivity contribution in [1.29, 1.82) is 0 Å². The number of piperidine rings is 1. The molecule has 2 fully saturated rings. The minimum Gasteiger partial charge on any atom is -0.327 e. The first-order valence-corrected chi connectivity index (χ1v) is 6.18. The molecule has 15 heavy (non-hydrogen) atoms. The second-order valence-electron chi connectivity index (χ2n) is 5.35. The van der Waals surface area contributed by atoms with Crippen LogP contribution in [0.2, 0.25) is 0 Å². The molecule has 90 valence electrons. The average molecular weight is 233 g/mol. The Bertz CT molecular complexity index is 198. The molecule has 2 N–H and O–H groups in total. The van der Waals surface area contributed by atoms with E-state index in [2.05, 4.69) is 18.7 Å². The van der Waals surface area contributed by atoms with Crippen LogP contribution in [0.5, 0.6) is 0 Å². The van der Waals surface area contributed by atoms with Crippen LogP contribution in [0.15, 0.2) is 0 Å². The van der Waals surface area contributed by atoms with Crippen LogP contribution < -0.4 is 5.73 Å². The fourth-order valence-electron chi connectivity index (χ4n) is 2.71. The van der Waals surface area contributed by atoms with E-state index in [4.69, 9.17) is 5.73 Å². The molecule has 0 bridgehead atoms. The van der Waals surface area contributed by atoms with E-state index >= 15 is 0 Å². The molecule has 0 spiro atoms. The Balaban J connectivity index is 0.00000112. The third kappa shape index (κ3) is 3.33. The highest BCUT2D eigenvalue weighted by Crippen LogP contribution is 2.38. The van der Waals surface area contributed by atoms with Crippen LogP contribution in [0, 0.1) is 17.8 Å². The molecule has 1 saturated carbocycles. The first kappa shape index (κ1) is 13.3. The van der Waals surface area contributed by atoms with Gasteiger partial charge in [0.2, 0.25) is 0 Å². The minimum atomic E-state index is 0. The van der Waals surface area contributed by atoms with Gasteiger partial charge in [0.25, 0.3) is 0 Å². The van der Waals surface area contributed by atoms with Gasteiger partial charge in [-0.3, -0.25) is 0 Å². The van der Waals surface area contributed by atoms with Crippen LogP contribution in [-0.2, 0) is 0 Å². The van der Waals surface area contributed by atoms with Crippen LogP contribution in [0.4, 0.5) is 0 Å². The summed E-state index contributed by atoms with van der Waals surface area (Å²) in [4.78, 5) is 2.64. The minimum absolute atomic E-state index is 0. The maximum Gasteiger partial charge on any atom is 0.00914 e. The molecule has 0 amide bonds. The molecule has 4 unspecified atom stereocenters. The van der Waals surface area contributed by atoms with Gasteiger partial charge in [0, 0.05) is 19.1 Å². The lowest BCUT2D eigenvalue weighted by atomic mass is 9.90. The molecule has 0 aromatic rings. The van der Waals surface area contributed by atoms with E-state index in [1.165, 1.54) is 38.9 Å². The van der Waals surface area contributed by atoms with Gasteiger partial charge < -0.3 is 10.6 Å². The zero-order valence-corrected chi connectivity index (χ0v) is 10.8. The van der Waals surface area contributed by atoms with E-state index in [1.54, 1.807) is 0 Å². The normalized spacial score (nSPS) is 41.0. The standard InChI is InChI=1S/C12H24N2.ClH/c1-3-10-7-14(5-4-12(10)13)8-11-6-9(11)2;/h9-12H,3-8,13H2,1-2H3;1H. The Morgan fingerprint density at radius 1 is 1.33 bits per heavy atom. The average Bonchev–Trinajstić information content (AvgIpc) is 2.85. The van der Waals surface area contributed by atoms with E-state index in [0.717, 1.165) is 17.8 Å². The van der Waals surface area contributed by atoms with E-state index in [0.29, 0.717) is 6.04 Å². The van der Waals surface area contributed by atoms with Crippen molar-refractivity contribution in [3.63, 3.8) is 0 Å². The highest BCUT2D eigenvalue weighted by atomic mass is 35.5. The Labute approximate surface area is 100.0 Å². The zero-order valence-electron chi connectivity index (χ0n) is 9.98. The van der Waals surface area contributed by atoms with E-state index < -0.39 is 0 Å². The van der Waals surface area contributed by atoms with Crippen LogP contribution >= 0.6 is 12.4 Å². The van der Waals surface area contributed by atoms with Crippen molar-refractivity contribution < 1.29 is 0 Å².